The monoisotopic (exact) mass is 199 g/mol. The fraction of sp³-hybridized carbons (Fsp3) is 1.00. The highest BCUT2D eigenvalue weighted by atomic mass is 16.3. The molecule has 0 aliphatic heterocycles. The molecule has 1 saturated carbocycles. The minimum Gasteiger partial charge on any atom is -0.390 e. The molecule has 2 heteroatoms. The van der Waals surface area contributed by atoms with E-state index in [0.29, 0.717) is 6.04 Å². The molecule has 0 aromatic rings. The Morgan fingerprint density at radius 1 is 1.14 bits per heavy atom. The lowest BCUT2D eigenvalue weighted by molar-refractivity contribution is 0.0702. The summed E-state index contributed by atoms with van der Waals surface area (Å²) in [6.45, 7) is 4.71. The molecule has 0 amide bonds. The number of hydrogen-bond donors (Lipinski definition) is 2. The molecule has 1 aliphatic carbocycles. The predicted molar refractivity (Wildman–Crippen MR) is 60.4 cm³/mol. The van der Waals surface area contributed by atoms with Gasteiger partial charge in [-0.15, -0.1) is 0 Å². The second-order valence-electron chi connectivity index (χ2n) is 5.21. The quantitative estimate of drug-likeness (QED) is 0.682. The Morgan fingerprint density at radius 2 is 1.71 bits per heavy atom. The van der Waals surface area contributed by atoms with E-state index in [-0.39, 0.29) is 0 Å². The van der Waals surface area contributed by atoms with Gasteiger partial charge in [-0.25, -0.2) is 0 Å². The van der Waals surface area contributed by atoms with Gasteiger partial charge in [0, 0.05) is 6.04 Å². The van der Waals surface area contributed by atoms with Gasteiger partial charge in [0.2, 0.25) is 0 Å². The summed E-state index contributed by atoms with van der Waals surface area (Å²) in [6, 6.07) is 0.708. The zero-order valence-electron chi connectivity index (χ0n) is 9.68. The van der Waals surface area contributed by atoms with Crippen molar-refractivity contribution in [2.24, 2.45) is 0 Å². The lowest BCUT2D eigenvalue weighted by Crippen LogP contribution is -2.33. The third kappa shape index (κ3) is 5.61. The van der Waals surface area contributed by atoms with E-state index in [1.807, 2.05) is 13.8 Å². The van der Waals surface area contributed by atoms with Gasteiger partial charge in [-0.1, -0.05) is 25.7 Å². The summed E-state index contributed by atoms with van der Waals surface area (Å²) >= 11 is 0. The molecule has 0 radical (unpaired) electrons. The fourth-order valence-electron chi connectivity index (χ4n) is 2.07. The average molecular weight is 199 g/mol. The van der Waals surface area contributed by atoms with Crippen LogP contribution in [0.5, 0.6) is 0 Å². The van der Waals surface area contributed by atoms with Gasteiger partial charge in [0.25, 0.3) is 0 Å². The van der Waals surface area contributed by atoms with Gasteiger partial charge in [-0.2, -0.15) is 0 Å². The van der Waals surface area contributed by atoms with Crippen LogP contribution in [0.15, 0.2) is 0 Å². The molecule has 1 rings (SSSR count). The summed E-state index contributed by atoms with van der Waals surface area (Å²) in [5.41, 5.74) is -0.516. The van der Waals surface area contributed by atoms with Gasteiger partial charge in [-0.3, -0.25) is 0 Å². The first-order valence-electron chi connectivity index (χ1n) is 6.04. The van der Waals surface area contributed by atoms with Gasteiger partial charge >= 0.3 is 0 Å². The van der Waals surface area contributed by atoms with Crippen molar-refractivity contribution in [3.8, 4) is 0 Å². The van der Waals surface area contributed by atoms with E-state index in [2.05, 4.69) is 5.32 Å². The van der Waals surface area contributed by atoms with E-state index in [9.17, 15) is 5.11 Å². The summed E-state index contributed by atoms with van der Waals surface area (Å²) < 4.78 is 0. The van der Waals surface area contributed by atoms with Crippen molar-refractivity contribution in [3.05, 3.63) is 0 Å². The SMILES string of the molecule is CC(C)(O)CCNC1CCCCCC1. The number of hydrogen-bond acceptors (Lipinski definition) is 2. The zero-order chi connectivity index (χ0) is 10.4. The molecular formula is C12H25NO. The Balaban J connectivity index is 2.10. The van der Waals surface area contributed by atoms with Gasteiger partial charge in [0.15, 0.2) is 0 Å². The van der Waals surface area contributed by atoms with Crippen molar-refractivity contribution in [2.45, 2.75) is 70.4 Å². The number of aliphatic hydroxyl groups is 1. The van der Waals surface area contributed by atoms with Crippen LogP contribution in [-0.4, -0.2) is 23.3 Å². The molecule has 0 bridgehead atoms. The third-order valence-electron chi connectivity index (χ3n) is 3.02. The molecule has 1 fully saturated rings. The van der Waals surface area contributed by atoms with Crippen LogP contribution >= 0.6 is 0 Å². The summed E-state index contributed by atoms with van der Waals surface area (Å²) in [7, 11) is 0. The summed E-state index contributed by atoms with van der Waals surface area (Å²) in [4.78, 5) is 0. The minimum atomic E-state index is -0.516. The maximum atomic E-state index is 9.56. The molecule has 2 nitrogen and oxygen atoms in total. The molecule has 0 atom stereocenters. The Labute approximate surface area is 88.1 Å². The van der Waals surface area contributed by atoms with Gasteiger partial charge in [-0.05, 0) is 39.7 Å². The van der Waals surface area contributed by atoms with E-state index in [1.54, 1.807) is 0 Å². The van der Waals surface area contributed by atoms with Crippen LogP contribution in [0.1, 0.15) is 58.8 Å². The van der Waals surface area contributed by atoms with Crippen molar-refractivity contribution < 1.29 is 5.11 Å². The largest absolute Gasteiger partial charge is 0.390 e. The Hall–Kier alpha value is -0.0800. The molecular weight excluding hydrogens is 174 g/mol. The molecule has 0 spiro atoms. The molecule has 2 N–H and O–H groups in total. The van der Waals surface area contributed by atoms with E-state index < -0.39 is 5.60 Å². The van der Waals surface area contributed by atoms with Crippen LogP contribution in [0.25, 0.3) is 0 Å². The first kappa shape index (κ1) is 12.0. The van der Waals surface area contributed by atoms with E-state index in [0.717, 1.165) is 13.0 Å². The Bertz CT molecular complexity index is 143. The van der Waals surface area contributed by atoms with E-state index in [4.69, 9.17) is 0 Å². The highest BCUT2D eigenvalue weighted by Gasteiger charge is 2.14. The Kier molecular flexibility index (Phi) is 4.90. The molecule has 0 unspecified atom stereocenters. The summed E-state index contributed by atoms with van der Waals surface area (Å²) in [6.07, 6.45) is 9.06. The molecule has 14 heavy (non-hydrogen) atoms. The van der Waals surface area contributed by atoms with Gasteiger partial charge < -0.3 is 10.4 Å². The van der Waals surface area contributed by atoms with Crippen LogP contribution < -0.4 is 5.32 Å². The van der Waals surface area contributed by atoms with Gasteiger partial charge in [0.05, 0.1) is 5.60 Å². The molecule has 0 aromatic heterocycles. The fourth-order valence-corrected chi connectivity index (χ4v) is 2.07. The summed E-state index contributed by atoms with van der Waals surface area (Å²) in [5, 5.41) is 13.1. The van der Waals surface area contributed by atoms with Crippen molar-refractivity contribution in [2.75, 3.05) is 6.54 Å². The highest BCUT2D eigenvalue weighted by molar-refractivity contribution is 4.73. The topological polar surface area (TPSA) is 32.3 Å². The number of nitrogens with one attached hydrogen (secondary N) is 1. The standard InChI is InChI=1S/C12H25NO/c1-12(2,14)9-10-13-11-7-5-3-4-6-8-11/h11,13-14H,3-10H2,1-2H3. The molecule has 0 saturated heterocycles. The predicted octanol–water partition coefficient (Wildman–Crippen LogP) is 2.46. The molecule has 1 aliphatic rings. The average Bonchev–Trinajstić information content (AvgIpc) is 2.30. The second kappa shape index (κ2) is 5.72. The van der Waals surface area contributed by atoms with Crippen LogP contribution in [-0.2, 0) is 0 Å². The van der Waals surface area contributed by atoms with Crippen molar-refractivity contribution in [1.29, 1.82) is 0 Å². The van der Waals surface area contributed by atoms with Crippen molar-refractivity contribution in [3.63, 3.8) is 0 Å². The highest BCUT2D eigenvalue weighted by Crippen LogP contribution is 2.17. The second-order valence-corrected chi connectivity index (χ2v) is 5.21. The van der Waals surface area contributed by atoms with Crippen LogP contribution in [0.3, 0.4) is 0 Å². The zero-order valence-corrected chi connectivity index (χ0v) is 9.68. The normalized spacial score (nSPS) is 20.8. The lowest BCUT2D eigenvalue weighted by Gasteiger charge is -2.21. The third-order valence-corrected chi connectivity index (χ3v) is 3.02. The molecule has 0 aromatic carbocycles. The lowest BCUT2D eigenvalue weighted by atomic mass is 10.0. The van der Waals surface area contributed by atoms with Crippen molar-refractivity contribution >= 4 is 0 Å². The first-order chi connectivity index (χ1) is 6.58. The molecule has 0 heterocycles. The number of rotatable bonds is 4. The van der Waals surface area contributed by atoms with Crippen LogP contribution in [0, 0.1) is 0 Å². The van der Waals surface area contributed by atoms with Crippen molar-refractivity contribution in [1.82, 2.24) is 5.32 Å². The van der Waals surface area contributed by atoms with Crippen LogP contribution in [0.4, 0.5) is 0 Å². The minimum absolute atomic E-state index is 0.516. The van der Waals surface area contributed by atoms with Crippen LogP contribution in [0.2, 0.25) is 0 Å². The summed E-state index contributed by atoms with van der Waals surface area (Å²) in [5.74, 6) is 0. The van der Waals surface area contributed by atoms with Gasteiger partial charge in [0.1, 0.15) is 0 Å². The maximum Gasteiger partial charge on any atom is 0.0603 e. The maximum absolute atomic E-state index is 9.56. The Morgan fingerprint density at radius 3 is 2.21 bits per heavy atom. The first-order valence-corrected chi connectivity index (χ1v) is 6.04. The van der Waals surface area contributed by atoms with E-state index in [1.165, 1.54) is 38.5 Å². The smallest absolute Gasteiger partial charge is 0.0603 e. The van der Waals surface area contributed by atoms with E-state index >= 15 is 0 Å². The molecule has 84 valence electrons.